The first-order valence-electron chi connectivity index (χ1n) is 7.00. The zero-order valence-electron chi connectivity index (χ0n) is 12.4. The predicted molar refractivity (Wildman–Crippen MR) is 78.8 cm³/mol. The fraction of sp³-hybridized carbons (Fsp3) is 0.562. The Hall–Kier alpha value is -1.19. The third-order valence-corrected chi connectivity index (χ3v) is 4.10. The van der Waals surface area contributed by atoms with Gasteiger partial charge in [-0.3, -0.25) is 9.69 Å². The zero-order valence-corrected chi connectivity index (χ0v) is 12.4. The molecule has 1 aromatic rings. The van der Waals surface area contributed by atoms with Crippen LogP contribution in [0.5, 0.6) is 0 Å². The van der Waals surface area contributed by atoms with Crippen LogP contribution in [0.15, 0.2) is 18.2 Å². The van der Waals surface area contributed by atoms with E-state index in [9.17, 15) is 4.79 Å². The second kappa shape index (κ2) is 5.85. The number of carbonyl (C=O) groups excluding carboxylic acids is 1. The Morgan fingerprint density at radius 1 is 1.32 bits per heavy atom. The van der Waals surface area contributed by atoms with Crippen LogP contribution >= 0.6 is 0 Å². The molecule has 0 aliphatic carbocycles. The highest BCUT2D eigenvalue weighted by Crippen LogP contribution is 2.13. The number of hydrogen-bond donors (Lipinski definition) is 0. The summed E-state index contributed by atoms with van der Waals surface area (Å²) < 4.78 is 0. The molecule has 19 heavy (non-hydrogen) atoms. The van der Waals surface area contributed by atoms with Crippen molar-refractivity contribution >= 4 is 5.78 Å². The Balaban J connectivity index is 2.03. The molecule has 0 radical (unpaired) electrons. The third kappa shape index (κ3) is 3.43. The fourth-order valence-electron chi connectivity index (χ4n) is 2.59. The number of rotatable bonds is 3. The van der Waals surface area contributed by atoms with Crippen LogP contribution in [0.25, 0.3) is 0 Å². The number of ketones is 1. The highest BCUT2D eigenvalue weighted by atomic mass is 16.1. The molecule has 0 aromatic heterocycles. The average molecular weight is 260 g/mol. The summed E-state index contributed by atoms with van der Waals surface area (Å²) in [4.78, 5) is 17.0. The molecule has 1 saturated heterocycles. The molecule has 0 amide bonds. The number of likely N-dealkylation sites (N-methyl/N-ethyl adjacent to an activating group) is 1. The molecule has 0 N–H and O–H groups in total. The lowest BCUT2D eigenvalue weighted by Crippen LogP contribution is -2.51. The smallest absolute Gasteiger partial charge is 0.177 e. The molecule has 1 aromatic carbocycles. The third-order valence-electron chi connectivity index (χ3n) is 4.10. The van der Waals surface area contributed by atoms with Crippen molar-refractivity contribution in [3.8, 4) is 0 Å². The van der Waals surface area contributed by atoms with Gasteiger partial charge >= 0.3 is 0 Å². The van der Waals surface area contributed by atoms with E-state index in [4.69, 9.17) is 0 Å². The summed E-state index contributed by atoms with van der Waals surface area (Å²) in [7, 11) is 2.15. The molecule has 1 aliphatic heterocycles. The van der Waals surface area contributed by atoms with E-state index in [1.54, 1.807) is 0 Å². The van der Waals surface area contributed by atoms with Crippen LogP contribution in [0.1, 0.15) is 28.4 Å². The normalized spacial score (nSPS) is 21.6. The van der Waals surface area contributed by atoms with Gasteiger partial charge in [0, 0.05) is 31.2 Å². The van der Waals surface area contributed by atoms with Crippen LogP contribution in [0, 0.1) is 13.8 Å². The van der Waals surface area contributed by atoms with Crippen LogP contribution in [-0.2, 0) is 0 Å². The minimum Gasteiger partial charge on any atom is -0.301 e. The van der Waals surface area contributed by atoms with Crippen LogP contribution in [0.2, 0.25) is 0 Å². The first kappa shape index (κ1) is 14.2. The lowest BCUT2D eigenvalue weighted by molar-refractivity contribution is 0.0785. The Kier molecular flexibility index (Phi) is 4.38. The Morgan fingerprint density at radius 3 is 2.74 bits per heavy atom. The topological polar surface area (TPSA) is 23.6 Å². The van der Waals surface area contributed by atoms with Gasteiger partial charge in [0.1, 0.15) is 0 Å². The number of benzene rings is 1. The SMILES string of the molecule is Cc1ccc(C)c(C(=O)CN2CCN(C)C(C)C2)c1. The van der Waals surface area contributed by atoms with E-state index in [-0.39, 0.29) is 5.78 Å². The summed E-state index contributed by atoms with van der Waals surface area (Å²) in [5, 5.41) is 0. The minimum absolute atomic E-state index is 0.248. The van der Waals surface area contributed by atoms with E-state index < -0.39 is 0 Å². The number of piperazine rings is 1. The van der Waals surface area contributed by atoms with Crippen molar-refractivity contribution in [1.29, 1.82) is 0 Å². The molecular weight excluding hydrogens is 236 g/mol. The van der Waals surface area contributed by atoms with E-state index in [2.05, 4.69) is 29.8 Å². The van der Waals surface area contributed by atoms with Crippen molar-refractivity contribution in [2.45, 2.75) is 26.8 Å². The molecule has 104 valence electrons. The molecule has 1 atom stereocenters. The Morgan fingerprint density at radius 2 is 2.05 bits per heavy atom. The molecule has 1 unspecified atom stereocenters. The van der Waals surface area contributed by atoms with E-state index in [0.29, 0.717) is 12.6 Å². The molecule has 0 bridgehead atoms. The van der Waals surface area contributed by atoms with Crippen LogP contribution in [-0.4, -0.2) is 54.9 Å². The largest absolute Gasteiger partial charge is 0.301 e. The predicted octanol–water partition coefficient (Wildman–Crippen LogP) is 2.12. The van der Waals surface area contributed by atoms with Gasteiger partial charge in [-0.1, -0.05) is 17.7 Å². The van der Waals surface area contributed by atoms with Crippen molar-refractivity contribution in [2.75, 3.05) is 33.2 Å². The van der Waals surface area contributed by atoms with E-state index in [1.807, 2.05) is 26.0 Å². The van der Waals surface area contributed by atoms with Gasteiger partial charge in [0.25, 0.3) is 0 Å². The standard InChI is InChI=1S/C16H24N2O/c1-12-5-6-13(2)15(9-12)16(19)11-18-8-7-17(4)14(3)10-18/h5-6,9,14H,7-8,10-11H2,1-4H3. The first-order valence-corrected chi connectivity index (χ1v) is 7.00. The second-order valence-electron chi connectivity index (χ2n) is 5.81. The summed E-state index contributed by atoms with van der Waals surface area (Å²) in [6.07, 6.45) is 0. The summed E-state index contributed by atoms with van der Waals surface area (Å²) in [5.41, 5.74) is 3.12. The number of Topliss-reactive ketones (excluding diaryl/α,β-unsaturated/α-hetero) is 1. The van der Waals surface area contributed by atoms with Gasteiger partial charge in [-0.05, 0) is 39.4 Å². The molecule has 0 spiro atoms. The molecule has 3 nitrogen and oxygen atoms in total. The summed E-state index contributed by atoms with van der Waals surface area (Å²) in [6.45, 7) is 9.82. The molecule has 1 heterocycles. The zero-order chi connectivity index (χ0) is 14.0. The maximum atomic E-state index is 12.4. The van der Waals surface area contributed by atoms with Crippen molar-refractivity contribution in [2.24, 2.45) is 0 Å². The van der Waals surface area contributed by atoms with Gasteiger partial charge in [-0.2, -0.15) is 0 Å². The maximum absolute atomic E-state index is 12.4. The van der Waals surface area contributed by atoms with E-state index >= 15 is 0 Å². The first-order chi connectivity index (χ1) is 8.97. The highest BCUT2D eigenvalue weighted by Gasteiger charge is 2.22. The van der Waals surface area contributed by atoms with Gasteiger partial charge in [0.15, 0.2) is 5.78 Å². The van der Waals surface area contributed by atoms with Crippen molar-refractivity contribution in [3.05, 3.63) is 34.9 Å². The number of nitrogens with zero attached hydrogens (tertiary/aromatic N) is 2. The van der Waals surface area contributed by atoms with Gasteiger partial charge in [-0.25, -0.2) is 0 Å². The van der Waals surface area contributed by atoms with Gasteiger partial charge < -0.3 is 4.90 Å². The molecule has 2 rings (SSSR count). The Bertz CT molecular complexity index is 470. The van der Waals surface area contributed by atoms with Gasteiger partial charge in [0.05, 0.1) is 6.54 Å². The van der Waals surface area contributed by atoms with Crippen LogP contribution in [0.3, 0.4) is 0 Å². The minimum atomic E-state index is 0.248. The number of hydrogen-bond acceptors (Lipinski definition) is 3. The van der Waals surface area contributed by atoms with Crippen LogP contribution in [0.4, 0.5) is 0 Å². The maximum Gasteiger partial charge on any atom is 0.177 e. The van der Waals surface area contributed by atoms with Gasteiger partial charge in [0.2, 0.25) is 0 Å². The molecule has 1 aliphatic rings. The molecule has 3 heteroatoms. The van der Waals surface area contributed by atoms with Crippen molar-refractivity contribution < 1.29 is 4.79 Å². The monoisotopic (exact) mass is 260 g/mol. The van der Waals surface area contributed by atoms with Crippen molar-refractivity contribution in [3.63, 3.8) is 0 Å². The summed E-state index contributed by atoms with van der Waals surface area (Å²) in [5.74, 6) is 0.248. The van der Waals surface area contributed by atoms with Gasteiger partial charge in [-0.15, -0.1) is 0 Å². The highest BCUT2D eigenvalue weighted by molar-refractivity contribution is 5.99. The molecule has 1 fully saturated rings. The van der Waals surface area contributed by atoms with Crippen LogP contribution < -0.4 is 0 Å². The lowest BCUT2D eigenvalue weighted by Gasteiger charge is -2.37. The number of carbonyl (C=O) groups is 1. The lowest BCUT2D eigenvalue weighted by atomic mass is 10.0. The molecular formula is C16H24N2O. The van der Waals surface area contributed by atoms with Crippen molar-refractivity contribution in [1.82, 2.24) is 9.80 Å². The average Bonchev–Trinajstić information content (AvgIpc) is 2.36. The van der Waals surface area contributed by atoms with E-state index in [1.165, 1.54) is 0 Å². The quantitative estimate of drug-likeness (QED) is 0.778. The Labute approximate surface area is 116 Å². The molecule has 0 saturated carbocycles. The number of aryl methyl sites for hydroxylation is 2. The summed E-state index contributed by atoms with van der Waals surface area (Å²) >= 11 is 0. The second-order valence-corrected chi connectivity index (χ2v) is 5.81. The fourth-order valence-corrected chi connectivity index (χ4v) is 2.59. The van der Waals surface area contributed by atoms with E-state index in [0.717, 1.165) is 36.3 Å². The summed E-state index contributed by atoms with van der Waals surface area (Å²) in [6, 6.07) is 6.64.